The highest BCUT2D eigenvalue weighted by Crippen LogP contribution is 2.18. The summed E-state index contributed by atoms with van der Waals surface area (Å²) in [6, 6.07) is 32.9. The van der Waals surface area contributed by atoms with Crippen molar-refractivity contribution in [1.82, 2.24) is 5.43 Å². The van der Waals surface area contributed by atoms with E-state index in [2.05, 4.69) is 15.8 Å². The lowest BCUT2D eigenvalue weighted by Gasteiger charge is -2.09. The summed E-state index contributed by atoms with van der Waals surface area (Å²) in [5.74, 6) is 0.0956. The first kappa shape index (κ1) is 22.5. The smallest absolute Gasteiger partial charge is 0.271 e. The molecule has 168 valence electrons. The Morgan fingerprint density at radius 3 is 2.06 bits per heavy atom. The van der Waals surface area contributed by atoms with Crippen LogP contribution in [0.15, 0.2) is 114 Å². The van der Waals surface area contributed by atoms with Gasteiger partial charge in [0.25, 0.3) is 11.8 Å². The van der Waals surface area contributed by atoms with Gasteiger partial charge < -0.3 is 10.1 Å². The molecule has 0 atom stereocenters. The minimum absolute atomic E-state index is 0.212. The molecule has 0 aliphatic heterocycles. The molecule has 4 aromatic carbocycles. The summed E-state index contributed by atoms with van der Waals surface area (Å²) in [5, 5.41) is 6.87. The first-order valence-electron chi connectivity index (χ1n) is 10.7. The number of rotatable bonds is 8. The number of amides is 2. The van der Waals surface area contributed by atoms with E-state index in [1.807, 2.05) is 60.7 Å². The summed E-state index contributed by atoms with van der Waals surface area (Å²) in [4.78, 5) is 24.7. The zero-order valence-electron chi connectivity index (χ0n) is 18.3. The average Bonchev–Trinajstić information content (AvgIpc) is 2.89. The van der Waals surface area contributed by atoms with Gasteiger partial charge in [-0.05, 0) is 54.1 Å². The Labute approximate surface area is 197 Å². The fourth-order valence-corrected chi connectivity index (χ4v) is 3.18. The molecule has 34 heavy (non-hydrogen) atoms. The standard InChI is InChI=1S/C28H23N3O3/c32-27(22-11-5-2-6-12-22)30-25-17-15-23(16-18-25)28(33)31-29-19-24-13-7-8-14-26(24)34-20-21-9-3-1-4-10-21/h1-19H,20H2,(H,30,32)(H,31,33)/b29-19+. The van der Waals surface area contributed by atoms with Gasteiger partial charge in [0, 0.05) is 22.4 Å². The van der Waals surface area contributed by atoms with Crippen molar-refractivity contribution in [2.45, 2.75) is 6.61 Å². The van der Waals surface area contributed by atoms with E-state index in [9.17, 15) is 9.59 Å². The van der Waals surface area contributed by atoms with Crippen molar-refractivity contribution in [1.29, 1.82) is 0 Å². The van der Waals surface area contributed by atoms with Crippen LogP contribution in [0.5, 0.6) is 5.75 Å². The maximum atomic E-state index is 12.4. The second-order valence-corrected chi connectivity index (χ2v) is 7.41. The van der Waals surface area contributed by atoms with E-state index < -0.39 is 0 Å². The molecular weight excluding hydrogens is 426 g/mol. The van der Waals surface area contributed by atoms with Crippen molar-refractivity contribution in [3.05, 3.63) is 131 Å². The molecule has 0 fully saturated rings. The highest BCUT2D eigenvalue weighted by Gasteiger charge is 2.08. The maximum absolute atomic E-state index is 12.4. The quantitative estimate of drug-likeness (QED) is 0.284. The molecule has 0 spiro atoms. The number of hydrogen-bond acceptors (Lipinski definition) is 4. The summed E-state index contributed by atoms with van der Waals surface area (Å²) >= 11 is 0. The van der Waals surface area contributed by atoms with Crippen molar-refractivity contribution < 1.29 is 14.3 Å². The zero-order chi connectivity index (χ0) is 23.6. The molecule has 0 saturated carbocycles. The van der Waals surface area contributed by atoms with Crippen LogP contribution < -0.4 is 15.5 Å². The minimum atomic E-state index is -0.361. The van der Waals surface area contributed by atoms with Crippen LogP contribution in [0.4, 0.5) is 5.69 Å². The van der Waals surface area contributed by atoms with Gasteiger partial charge in [-0.1, -0.05) is 60.7 Å². The summed E-state index contributed by atoms with van der Waals surface area (Å²) in [6.07, 6.45) is 1.55. The molecule has 0 bridgehead atoms. The Kier molecular flexibility index (Phi) is 7.43. The van der Waals surface area contributed by atoms with E-state index in [0.29, 0.717) is 29.2 Å². The number of hydrogen-bond donors (Lipinski definition) is 2. The van der Waals surface area contributed by atoms with E-state index in [4.69, 9.17) is 4.74 Å². The lowest BCUT2D eigenvalue weighted by molar-refractivity contribution is 0.0954. The van der Waals surface area contributed by atoms with Gasteiger partial charge >= 0.3 is 0 Å². The van der Waals surface area contributed by atoms with Gasteiger partial charge in [-0.2, -0.15) is 5.10 Å². The SMILES string of the molecule is O=C(N/N=C/c1ccccc1OCc1ccccc1)c1ccc(NC(=O)c2ccccc2)cc1. The molecule has 4 rings (SSSR count). The number of hydrazone groups is 1. The first-order valence-corrected chi connectivity index (χ1v) is 10.7. The summed E-state index contributed by atoms with van der Waals surface area (Å²) < 4.78 is 5.90. The van der Waals surface area contributed by atoms with Crippen LogP contribution in [0.3, 0.4) is 0 Å². The lowest BCUT2D eigenvalue weighted by Crippen LogP contribution is -2.18. The van der Waals surface area contributed by atoms with Gasteiger partial charge in [0.2, 0.25) is 0 Å². The predicted octanol–water partition coefficient (Wildman–Crippen LogP) is 5.28. The molecule has 6 nitrogen and oxygen atoms in total. The Morgan fingerprint density at radius 2 is 1.32 bits per heavy atom. The molecular formula is C28H23N3O3. The molecule has 0 aromatic heterocycles. The van der Waals surface area contributed by atoms with Crippen LogP contribution in [0.2, 0.25) is 0 Å². The number of carbonyl (C=O) groups is 2. The number of benzene rings is 4. The van der Waals surface area contributed by atoms with E-state index in [-0.39, 0.29) is 11.8 Å². The topological polar surface area (TPSA) is 79.8 Å². The van der Waals surface area contributed by atoms with E-state index in [0.717, 1.165) is 11.1 Å². The van der Waals surface area contributed by atoms with Crippen molar-refractivity contribution in [3.8, 4) is 5.75 Å². The largest absolute Gasteiger partial charge is 0.488 e. The first-order chi connectivity index (χ1) is 16.7. The fourth-order valence-electron chi connectivity index (χ4n) is 3.18. The Balaban J connectivity index is 1.33. The average molecular weight is 450 g/mol. The third-order valence-corrected chi connectivity index (χ3v) is 4.97. The fraction of sp³-hybridized carbons (Fsp3) is 0.0357. The van der Waals surface area contributed by atoms with Crippen LogP contribution >= 0.6 is 0 Å². The normalized spacial score (nSPS) is 10.6. The lowest BCUT2D eigenvalue weighted by atomic mass is 10.1. The third-order valence-electron chi connectivity index (χ3n) is 4.97. The molecule has 0 radical (unpaired) electrons. The number of nitrogens with zero attached hydrogens (tertiary/aromatic N) is 1. The molecule has 0 saturated heterocycles. The molecule has 2 N–H and O–H groups in total. The van der Waals surface area contributed by atoms with Crippen molar-refractivity contribution in [2.75, 3.05) is 5.32 Å². The minimum Gasteiger partial charge on any atom is -0.488 e. The van der Waals surface area contributed by atoms with Gasteiger partial charge in [0.15, 0.2) is 0 Å². The second-order valence-electron chi connectivity index (χ2n) is 7.41. The van der Waals surface area contributed by atoms with Crippen LogP contribution in [-0.4, -0.2) is 18.0 Å². The van der Waals surface area contributed by atoms with E-state index in [1.54, 1.807) is 54.7 Å². The van der Waals surface area contributed by atoms with Gasteiger partial charge in [-0.25, -0.2) is 5.43 Å². The second kappa shape index (κ2) is 11.2. The third kappa shape index (κ3) is 6.17. The highest BCUT2D eigenvalue weighted by molar-refractivity contribution is 6.04. The molecule has 4 aromatic rings. The molecule has 0 aliphatic rings. The van der Waals surface area contributed by atoms with Crippen LogP contribution in [0.1, 0.15) is 31.8 Å². The molecule has 0 unspecified atom stereocenters. The summed E-state index contributed by atoms with van der Waals surface area (Å²) in [5.41, 5.74) is 5.91. The molecule has 0 heterocycles. The van der Waals surface area contributed by atoms with Gasteiger partial charge in [-0.3, -0.25) is 9.59 Å². The zero-order valence-corrected chi connectivity index (χ0v) is 18.3. The van der Waals surface area contributed by atoms with Crippen molar-refractivity contribution in [3.63, 3.8) is 0 Å². The number of nitrogens with one attached hydrogen (secondary N) is 2. The summed E-state index contributed by atoms with van der Waals surface area (Å²) in [7, 11) is 0. The number of anilines is 1. The summed E-state index contributed by atoms with van der Waals surface area (Å²) in [6.45, 7) is 0.436. The number of ether oxygens (including phenoxy) is 1. The van der Waals surface area contributed by atoms with Crippen molar-refractivity contribution >= 4 is 23.7 Å². The maximum Gasteiger partial charge on any atom is 0.271 e. The highest BCUT2D eigenvalue weighted by atomic mass is 16.5. The predicted molar refractivity (Wildman–Crippen MR) is 133 cm³/mol. The Hall–Kier alpha value is -4.71. The van der Waals surface area contributed by atoms with Crippen LogP contribution in [-0.2, 0) is 6.61 Å². The van der Waals surface area contributed by atoms with Crippen LogP contribution in [0, 0.1) is 0 Å². The number of carbonyl (C=O) groups excluding carboxylic acids is 2. The molecule has 2 amide bonds. The van der Waals surface area contributed by atoms with Gasteiger partial charge in [0.05, 0.1) is 6.21 Å². The Bertz CT molecular complexity index is 1270. The van der Waals surface area contributed by atoms with Gasteiger partial charge in [0.1, 0.15) is 12.4 Å². The van der Waals surface area contributed by atoms with Crippen LogP contribution in [0.25, 0.3) is 0 Å². The molecule has 0 aliphatic carbocycles. The van der Waals surface area contributed by atoms with Gasteiger partial charge in [-0.15, -0.1) is 0 Å². The van der Waals surface area contributed by atoms with E-state index >= 15 is 0 Å². The molecule has 6 heteroatoms. The van der Waals surface area contributed by atoms with Crippen molar-refractivity contribution in [2.24, 2.45) is 5.10 Å². The monoisotopic (exact) mass is 449 g/mol. The Morgan fingerprint density at radius 1 is 0.706 bits per heavy atom. The number of para-hydroxylation sites is 1. The van der Waals surface area contributed by atoms with E-state index in [1.165, 1.54) is 0 Å².